The number of nitrogens with two attached hydrogens (primary N) is 1. The third kappa shape index (κ3) is 3.22. The lowest BCUT2D eigenvalue weighted by Gasteiger charge is -2.28. The second-order valence-corrected chi connectivity index (χ2v) is 5.89. The Bertz CT molecular complexity index is 531. The number of hydrogen-bond donors (Lipinski definition) is 2. The Kier molecular flexibility index (Phi) is 4.92. The maximum absolute atomic E-state index is 12.5. The van der Waals surface area contributed by atoms with Crippen LogP contribution in [0.3, 0.4) is 0 Å². The zero-order valence-corrected chi connectivity index (χ0v) is 12.8. The van der Waals surface area contributed by atoms with Gasteiger partial charge < -0.3 is 20.5 Å². The molecule has 1 aliphatic rings. The Morgan fingerprint density at radius 1 is 1.62 bits per heavy atom. The van der Waals surface area contributed by atoms with Gasteiger partial charge in [0.15, 0.2) is 0 Å². The van der Waals surface area contributed by atoms with Gasteiger partial charge in [0.2, 0.25) is 0 Å². The molecular weight excluding hydrogens is 294 g/mol. The molecule has 3 unspecified atom stereocenters. The van der Waals surface area contributed by atoms with E-state index in [0.717, 1.165) is 0 Å². The minimum absolute atomic E-state index is 0.131. The fraction of sp³-hybridized carbons (Fsp3) is 0.615. The molecule has 3 atom stereocenters. The molecule has 0 radical (unpaired) electrons. The van der Waals surface area contributed by atoms with Crippen LogP contribution in [-0.2, 0) is 9.53 Å². The Morgan fingerprint density at radius 2 is 2.33 bits per heavy atom. The van der Waals surface area contributed by atoms with Crippen molar-refractivity contribution in [2.45, 2.75) is 25.9 Å². The van der Waals surface area contributed by atoms with Gasteiger partial charge in [0.05, 0.1) is 25.3 Å². The van der Waals surface area contributed by atoms with Gasteiger partial charge in [0, 0.05) is 11.9 Å². The number of amides is 1. The van der Waals surface area contributed by atoms with Gasteiger partial charge in [0.1, 0.15) is 16.6 Å². The molecule has 1 aliphatic heterocycles. The van der Waals surface area contributed by atoms with Crippen molar-refractivity contribution in [1.29, 1.82) is 0 Å². The number of nitrogens with zero attached hydrogens (tertiary/aromatic N) is 2. The van der Waals surface area contributed by atoms with Crippen molar-refractivity contribution in [2.24, 2.45) is 11.7 Å². The van der Waals surface area contributed by atoms with Crippen LogP contribution in [-0.4, -0.2) is 52.7 Å². The number of thiazole rings is 1. The first-order chi connectivity index (χ1) is 9.95. The molecule has 2 rings (SSSR count). The Labute approximate surface area is 126 Å². The first kappa shape index (κ1) is 15.9. The van der Waals surface area contributed by atoms with E-state index in [4.69, 9.17) is 10.5 Å². The van der Waals surface area contributed by atoms with Crippen molar-refractivity contribution >= 4 is 23.2 Å². The lowest BCUT2D eigenvalue weighted by Crippen LogP contribution is -2.46. The molecule has 0 saturated carbocycles. The summed E-state index contributed by atoms with van der Waals surface area (Å²) in [4.78, 5) is 29.5. The SMILES string of the molecule is CCN(C(=O)c1csc(C(C)N)n1)C1COCC1C(=O)O. The number of carboxylic acids is 1. The van der Waals surface area contributed by atoms with Crippen molar-refractivity contribution in [2.75, 3.05) is 19.8 Å². The maximum atomic E-state index is 12.5. The van der Waals surface area contributed by atoms with Crippen LogP contribution in [0.1, 0.15) is 35.4 Å². The molecule has 0 spiro atoms. The number of hydrogen-bond acceptors (Lipinski definition) is 6. The fourth-order valence-corrected chi connectivity index (χ4v) is 3.11. The number of ether oxygens (including phenoxy) is 1. The highest BCUT2D eigenvalue weighted by molar-refractivity contribution is 7.09. The van der Waals surface area contributed by atoms with Gasteiger partial charge in [-0.3, -0.25) is 9.59 Å². The van der Waals surface area contributed by atoms with E-state index in [9.17, 15) is 14.7 Å². The number of rotatable bonds is 5. The van der Waals surface area contributed by atoms with E-state index in [-0.39, 0.29) is 25.2 Å². The van der Waals surface area contributed by atoms with Gasteiger partial charge in [0.25, 0.3) is 5.91 Å². The minimum Gasteiger partial charge on any atom is -0.481 e. The molecule has 1 saturated heterocycles. The van der Waals surface area contributed by atoms with Crippen LogP contribution in [0.5, 0.6) is 0 Å². The lowest BCUT2D eigenvalue weighted by atomic mass is 10.0. The molecule has 116 valence electrons. The zero-order valence-electron chi connectivity index (χ0n) is 12.0. The molecular formula is C13H19N3O4S. The van der Waals surface area contributed by atoms with Crippen molar-refractivity contribution in [3.05, 3.63) is 16.1 Å². The van der Waals surface area contributed by atoms with Gasteiger partial charge in [-0.2, -0.15) is 0 Å². The summed E-state index contributed by atoms with van der Waals surface area (Å²) in [7, 11) is 0. The van der Waals surface area contributed by atoms with Gasteiger partial charge in [-0.05, 0) is 13.8 Å². The van der Waals surface area contributed by atoms with E-state index in [2.05, 4.69) is 4.98 Å². The molecule has 7 nitrogen and oxygen atoms in total. The summed E-state index contributed by atoms with van der Waals surface area (Å²) in [6.07, 6.45) is 0. The summed E-state index contributed by atoms with van der Waals surface area (Å²) in [6.45, 7) is 4.39. The molecule has 1 fully saturated rings. The predicted molar refractivity (Wildman–Crippen MR) is 77.2 cm³/mol. The summed E-state index contributed by atoms with van der Waals surface area (Å²) < 4.78 is 5.23. The molecule has 0 aromatic carbocycles. The summed E-state index contributed by atoms with van der Waals surface area (Å²) in [5.74, 6) is -1.92. The zero-order chi connectivity index (χ0) is 15.6. The third-order valence-corrected chi connectivity index (χ3v) is 4.55. The van der Waals surface area contributed by atoms with Crippen molar-refractivity contribution < 1.29 is 19.4 Å². The van der Waals surface area contributed by atoms with Gasteiger partial charge in [-0.1, -0.05) is 0 Å². The summed E-state index contributed by atoms with van der Waals surface area (Å²) in [5, 5.41) is 11.6. The van der Waals surface area contributed by atoms with Crippen molar-refractivity contribution in [3.63, 3.8) is 0 Å². The van der Waals surface area contributed by atoms with Crippen LogP contribution in [0.15, 0.2) is 5.38 Å². The summed E-state index contributed by atoms with van der Waals surface area (Å²) in [6, 6.07) is -0.686. The van der Waals surface area contributed by atoms with E-state index in [0.29, 0.717) is 17.2 Å². The topological polar surface area (TPSA) is 106 Å². The quantitative estimate of drug-likeness (QED) is 0.830. The molecule has 0 bridgehead atoms. The molecule has 2 heterocycles. The van der Waals surface area contributed by atoms with Crippen LogP contribution in [0.2, 0.25) is 0 Å². The number of carbonyl (C=O) groups is 2. The molecule has 1 amide bonds. The lowest BCUT2D eigenvalue weighted by molar-refractivity contribution is -0.142. The van der Waals surface area contributed by atoms with Crippen LogP contribution in [0.25, 0.3) is 0 Å². The molecule has 1 aromatic rings. The Balaban J connectivity index is 2.19. The highest BCUT2D eigenvalue weighted by Crippen LogP contribution is 2.23. The first-order valence-electron chi connectivity index (χ1n) is 6.78. The largest absolute Gasteiger partial charge is 0.481 e. The number of carboxylic acid groups (broad SMARTS) is 1. The number of carbonyl (C=O) groups excluding carboxylic acids is 1. The fourth-order valence-electron chi connectivity index (χ4n) is 2.36. The number of likely N-dealkylation sites (N-methyl/N-ethyl adjacent to an activating group) is 1. The summed E-state index contributed by atoms with van der Waals surface area (Å²) in [5.41, 5.74) is 6.06. The molecule has 0 aliphatic carbocycles. The van der Waals surface area contributed by atoms with Crippen LogP contribution in [0, 0.1) is 5.92 Å². The highest BCUT2D eigenvalue weighted by atomic mass is 32.1. The van der Waals surface area contributed by atoms with Crippen LogP contribution >= 0.6 is 11.3 Å². The normalized spacial score (nSPS) is 23.0. The second kappa shape index (κ2) is 6.50. The molecule has 1 aromatic heterocycles. The Hall–Kier alpha value is -1.51. The second-order valence-electron chi connectivity index (χ2n) is 5.00. The highest BCUT2D eigenvalue weighted by Gasteiger charge is 2.40. The van der Waals surface area contributed by atoms with Crippen molar-refractivity contribution in [1.82, 2.24) is 9.88 Å². The van der Waals surface area contributed by atoms with Crippen LogP contribution in [0.4, 0.5) is 0 Å². The molecule has 8 heteroatoms. The standard InChI is InChI=1S/C13H19N3O4S/c1-3-16(10-5-20-4-8(10)13(18)19)12(17)9-6-21-11(15-9)7(2)14/h6-8,10H,3-5,14H2,1-2H3,(H,18,19). The van der Waals surface area contributed by atoms with E-state index in [1.165, 1.54) is 16.2 Å². The third-order valence-electron chi connectivity index (χ3n) is 3.50. The van der Waals surface area contributed by atoms with Crippen LogP contribution < -0.4 is 5.73 Å². The van der Waals surface area contributed by atoms with E-state index in [1.54, 1.807) is 12.3 Å². The Morgan fingerprint density at radius 3 is 2.86 bits per heavy atom. The van der Waals surface area contributed by atoms with Gasteiger partial charge in [-0.15, -0.1) is 11.3 Å². The van der Waals surface area contributed by atoms with Gasteiger partial charge >= 0.3 is 5.97 Å². The van der Waals surface area contributed by atoms with E-state index in [1.807, 2.05) is 6.92 Å². The van der Waals surface area contributed by atoms with Crippen molar-refractivity contribution in [3.8, 4) is 0 Å². The number of aromatic nitrogens is 1. The average Bonchev–Trinajstić information content (AvgIpc) is 3.08. The van der Waals surface area contributed by atoms with Gasteiger partial charge in [-0.25, -0.2) is 4.98 Å². The monoisotopic (exact) mass is 313 g/mol. The summed E-state index contributed by atoms with van der Waals surface area (Å²) >= 11 is 1.33. The predicted octanol–water partition coefficient (Wildman–Crippen LogP) is 0.724. The minimum atomic E-state index is -0.946. The molecule has 3 N–H and O–H groups in total. The van der Waals surface area contributed by atoms with E-state index >= 15 is 0 Å². The van der Waals surface area contributed by atoms with E-state index < -0.39 is 17.9 Å². The average molecular weight is 313 g/mol. The molecule has 21 heavy (non-hydrogen) atoms. The first-order valence-corrected chi connectivity index (χ1v) is 7.66. The number of aliphatic carboxylic acids is 1. The maximum Gasteiger partial charge on any atom is 0.311 e. The smallest absolute Gasteiger partial charge is 0.311 e.